The minimum absolute atomic E-state index is 0.0252. The highest BCUT2D eigenvalue weighted by atomic mass is 79.9. The predicted octanol–water partition coefficient (Wildman–Crippen LogP) is 3.71. The molecule has 0 radical (unpaired) electrons. The van der Waals surface area contributed by atoms with Gasteiger partial charge in [0.15, 0.2) is 5.78 Å². The number of likely N-dealkylation sites (tertiary alicyclic amines) is 1. The van der Waals surface area contributed by atoms with Crippen molar-refractivity contribution in [1.29, 1.82) is 0 Å². The molecule has 2 unspecified atom stereocenters. The number of Topliss-reactive ketones (excluding diaryl/α,β-unsaturated/α-hetero) is 1. The van der Waals surface area contributed by atoms with E-state index >= 15 is 0 Å². The van der Waals surface area contributed by atoms with Gasteiger partial charge in [-0.25, -0.2) is 0 Å². The summed E-state index contributed by atoms with van der Waals surface area (Å²) in [6, 6.07) is 13.5. The molecule has 1 heterocycles. The van der Waals surface area contributed by atoms with E-state index in [1.54, 1.807) is 6.07 Å². The summed E-state index contributed by atoms with van der Waals surface area (Å²) in [5, 5.41) is 3.53. The first-order valence-electron chi connectivity index (χ1n) is 10.7. The van der Waals surface area contributed by atoms with Crippen molar-refractivity contribution < 1.29 is 9.59 Å². The molecule has 1 saturated heterocycles. The van der Waals surface area contributed by atoms with Crippen LogP contribution in [0.1, 0.15) is 28.8 Å². The molecule has 2 aromatic rings. The van der Waals surface area contributed by atoms with Crippen molar-refractivity contribution in [3.8, 4) is 0 Å². The summed E-state index contributed by atoms with van der Waals surface area (Å²) >= 11 is 9.40. The summed E-state index contributed by atoms with van der Waals surface area (Å²) in [6.07, 6.45) is 1.47. The van der Waals surface area contributed by atoms with E-state index < -0.39 is 0 Å². The molecule has 1 fully saturated rings. The highest BCUT2D eigenvalue weighted by molar-refractivity contribution is 9.10. The molecule has 2 atom stereocenters. The fourth-order valence-corrected chi connectivity index (χ4v) is 4.64. The molecule has 0 aromatic heterocycles. The molecule has 3 rings (SSSR count). The Morgan fingerprint density at radius 3 is 2.59 bits per heavy atom. The molecule has 3 N–H and O–H groups in total. The maximum absolute atomic E-state index is 12.9. The van der Waals surface area contributed by atoms with E-state index in [4.69, 9.17) is 17.3 Å². The normalized spacial score (nSPS) is 18.9. The van der Waals surface area contributed by atoms with Gasteiger partial charge in [-0.1, -0.05) is 39.7 Å². The quantitative estimate of drug-likeness (QED) is 0.554. The number of piperidine rings is 1. The SMILES string of the molecule is CN(C)c1ccc(Br)cc1C(=O)NCC(=O)C1CCN(Cc2ccc(Cl)cc2)C(CN)C1. The van der Waals surface area contributed by atoms with E-state index in [1.165, 1.54) is 5.56 Å². The highest BCUT2D eigenvalue weighted by Gasteiger charge is 2.31. The van der Waals surface area contributed by atoms with Gasteiger partial charge in [0.05, 0.1) is 12.1 Å². The van der Waals surface area contributed by atoms with Crippen molar-refractivity contribution in [2.45, 2.75) is 25.4 Å². The lowest BCUT2D eigenvalue weighted by Gasteiger charge is -2.38. The molecule has 2 aromatic carbocycles. The average molecular weight is 522 g/mol. The van der Waals surface area contributed by atoms with Crippen molar-refractivity contribution in [2.75, 3.05) is 38.6 Å². The molecular formula is C24H30BrClN4O2. The Kier molecular flexibility index (Phi) is 8.71. The van der Waals surface area contributed by atoms with Crippen LogP contribution in [-0.2, 0) is 11.3 Å². The Labute approximate surface area is 203 Å². The fraction of sp³-hybridized carbons (Fsp3) is 0.417. The summed E-state index contributed by atoms with van der Waals surface area (Å²) in [5.74, 6) is -0.288. The topological polar surface area (TPSA) is 78.7 Å². The number of benzene rings is 2. The maximum atomic E-state index is 12.9. The number of anilines is 1. The van der Waals surface area contributed by atoms with Crippen LogP contribution in [0, 0.1) is 5.92 Å². The van der Waals surface area contributed by atoms with Gasteiger partial charge in [-0.05, 0) is 55.3 Å². The third-order valence-electron chi connectivity index (χ3n) is 5.97. The first-order chi connectivity index (χ1) is 15.3. The van der Waals surface area contributed by atoms with Crippen LogP contribution in [0.15, 0.2) is 46.9 Å². The summed E-state index contributed by atoms with van der Waals surface area (Å²) in [6.45, 7) is 2.10. The Morgan fingerprint density at radius 2 is 1.94 bits per heavy atom. The summed E-state index contributed by atoms with van der Waals surface area (Å²) in [7, 11) is 3.77. The Balaban J connectivity index is 1.57. The second-order valence-corrected chi connectivity index (χ2v) is 9.76. The molecule has 0 bridgehead atoms. The Bertz CT molecular complexity index is 952. The van der Waals surface area contributed by atoms with E-state index in [-0.39, 0.29) is 30.2 Å². The van der Waals surface area contributed by atoms with Gasteiger partial charge in [-0.2, -0.15) is 0 Å². The van der Waals surface area contributed by atoms with E-state index in [0.717, 1.165) is 34.7 Å². The number of halogens is 2. The van der Waals surface area contributed by atoms with Crippen molar-refractivity contribution in [3.63, 3.8) is 0 Å². The lowest BCUT2D eigenvalue weighted by molar-refractivity contribution is -0.124. The lowest BCUT2D eigenvalue weighted by atomic mass is 9.87. The number of carbonyl (C=O) groups excluding carboxylic acids is 2. The molecule has 0 aliphatic carbocycles. The summed E-state index contributed by atoms with van der Waals surface area (Å²) in [5.41, 5.74) is 8.55. The number of ketones is 1. The van der Waals surface area contributed by atoms with E-state index in [2.05, 4.69) is 26.1 Å². The summed E-state index contributed by atoms with van der Waals surface area (Å²) in [4.78, 5) is 29.8. The second kappa shape index (κ2) is 11.3. The van der Waals surface area contributed by atoms with Crippen molar-refractivity contribution >= 4 is 44.9 Å². The zero-order chi connectivity index (χ0) is 23.3. The zero-order valence-electron chi connectivity index (χ0n) is 18.5. The van der Waals surface area contributed by atoms with Crippen LogP contribution in [0.25, 0.3) is 0 Å². The number of carbonyl (C=O) groups is 2. The molecular weight excluding hydrogens is 492 g/mol. The Morgan fingerprint density at radius 1 is 1.22 bits per heavy atom. The molecule has 0 spiro atoms. The van der Waals surface area contributed by atoms with Gasteiger partial charge in [-0.15, -0.1) is 0 Å². The third kappa shape index (κ3) is 6.32. The third-order valence-corrected chi connectivity index (χ3v) is 6.72. The summed E-state index contributed by atoms with van der Waals surface area (Å²) < 4.78 is 0.818. The van der Waals surface area contributed by atoms with Crippen LogP contribution in [0.2, 0.25) is 5.02 Å². The standard InChI is InChI=1S/C24H30BrClN4O2/c1-29(2)22-8-5-18(25)12-21(22)24(32)28-14-23(31)17-9-10-30(20(11-17)13-27)15-16-3-6-19(26)7-4-16/h3-8,12,17,20H,9-11,13-15,27H2,1-2H3,(H,28,32). The molecule has 32 heavy (non-hydrogen) atoms. The van der Waals surface area contributed by atoms with E-state index in [0.29, 0.717) is 18.5 Å². The lowest BCUT2D eigenvalue weighted by Crippen LogP contribution is -2.48. The zero-order valence-corrected chi connectivity index (χ0v) is 20.8. The van der Waals surface area contributed by atoms with Gasteiger partial charge in [0.2, 0.25) is 0 Å². The van der Waals surface area contributed by atoms with Crippen LogP contribution in [0.5, 0.6) is 0 Å². The smallest absolute Gasteiger partial charge is 0.253 e. The van der Waals surface area contributed by atoms with Gasteiger partial charge in [0.1, 0.15) is 0 Å². The number of nitrogens with zero attached hydrogens (tertiary/aromatic N) is 2. The van der Waals surface area contributed by atoms with Gasteiger partial charge in [-0.3, -0.25) is 14.5 Å². The van der Waals surface area contributed by atoms with Gasteiger partial charge >= 0.3 is 0 Å². The van der Waals surface area contributed by atoms with Crippen molar-refractivity contribution in [2.24, 2.45) is 11.7 Å². The van der Waals surface area contributed by atoms with Crippen molar-refractivity contribution in [3.05, 3.63) is 63.1 Å². The van der Waals surface area contributed by atoms with Gasteiger partial charge < -0.3 is 16.0 Å². The van der Waals surface area contributed by atoms with E-state index in [1.807, 2.05) is 55.4 Å². The minimum Gasteiger partial charge on any atom is -0.377 e. The fourth-order valence-electron chi connectivity index (χ4n) is 4.16. The number of hydrogen-bond acceptors (Lipinski definition) is 5. The number of hydrogen-bond donors (Lipinski definition) is 2. The molecule has 172 valence electrons. The average Bonchev–Trinajstić information content (AvgIpc) is 2.78. The maximum Gasteiger partial charge on any atom is 0.253 e. The monoisotopic (exact) mass is 520 g/mol. The number of nitrogens with two attached hydrogens (primary N) is 1. The predicted molar refractivity (Wildman–Crippen MR) is 133 cm³/mol. The molecule has 1 amide bonds. The first-order valence-corrected chi connectivity index (χ1v) is 11.9. The molecule has 1 aliphatic heterocycles. The van der Waals surface area contributed by atoms with Crippen LogP contribution < -0.4 is 16.0 Å². The first kappa shape index (κ1) is 24.7. The molecule has 6 nitrogen and oxygen atoms in total. The largest absolute Gasteiger partial charge is 0.377 e. The van der Waals surface area contributed by atoms with Crippen LogP contribution in [0.3, 0.4) is 0 Å². The number of rotatable bonds is 8. The number of amides is 1. The highest BCUT2D eigenvalue weighted by Crippen LogP contribution is 2.26. The van der Waals surface area contributed by atoms with Crippen molar-refractivity contribution in [1.82, 2.24) is 10.2 Å². The van der Waals surface area contributed by atoms with Crippen LogP contribution >= 0.6 is 27.5 Å². The van der Waals surface area contributed by atoms with Crippen LogP contribution in [0.4, 0.5) is 5.69 Å². The molecule has 0 saturated carbocycles. The number of nitrogens with one attached hydrogen (secondary N) is 1. The molecule has 8 heteroatoms. The Hall–Kier alpha value is -1.93. The minimum atomic E-state index is -0.251. The molecule has 1 aliphatic rings. The second-order valence-electron chi connectivity index (χ2n) is 8.41. The van der Waals surface area contributed by atoms with Gasteiger partial charge in [0.25, 0.3) is 5.91 Å². The van der Waals surface area contributed by atoms with Gasteiger partial charge in [0, 0.05) is 54.3 Å². The van der Waals surface area contributed by atoms with Crippen LogP contribution in [-0.4, -0.2) is 56.4 Å². The van der Waals surface area contributed by atoms with E-state index in [9.17, 15) is 9.59 Å².